The number of esters is 1. The molecule has 0 amide bonds. The minimum Gasteiger partial charge on any atom is -0.505 e. The maximum absolute atomic E-state index is 11.9. The van der Waals surface area contributed by atoms with Crippen molar-refractivity contribution in [2.24, 2.45) is 0 Å². The van der Waals surface area contributed by atoms with Crippen LogP contribution < -0.4 is 4.74 Å². The quantitative estimate of drug-likeness (QED) is 0.709. The summed E-state index contributed by atoms with van der Waals surface area (Å²) in [7, 11) is 0. The third-order valence-corrected chi connectivity index (χ3v) is 3.77. The molecule has 0 saturated carbocycles. The van der Waals surface area contributed by atoms with Crippen LogP contribution in [0.1, 0.15) is 28.7 Å². The van der Waals surface area contributed by atoms with Crippen LogP contribution in [0.15, 0.2) is 48.5 Å². The van der Waals surface area contributed by atoms with Crippen LogP contribution in [0.4, 0.5) is 0 Å². The van der Waals surface area contributed by atoms with Crippen LogP contribution >= 0.6 is 0 Å². The third-order valence-electron chi connectivity index (χ3n) is 3.77. The fourth-order valence-corrected chi connectivity index (χ4v) is 2.54. The minimum absolute atomic E-state index is 0.0195. The van der Waals surface area contributed by atoms with E-state index < -0.39 is 5.97 Å². The summed E-state index contributed by atoms with van der Waals surface area (Å²) in [6, 6.07) is 16.5. The van der Waals surface area contributed by atoms with Crippen LogP contribution in [0.5, 0.6) is 11.5 Å². The molecule has 1 aromatic heterocycles. The second-order valence-corrected chi connectivity index (χ2v) is 5.47. The van der Waals surface area contributed by atoms with Gasteiger partial charge in [-0.2, -0.15) is 5.26 Å². The molecule has 0 aliphatic rings. The highest BCUT2D eigenvalue weighted by Crippen LogP contribution is 2.32. The Labute approximate surface area is 150 Å². The highest BCUT2D eigenvalue weighted by atomic mass is 16.5. The Kier molecular flexibility index (Phi) is 4.99. The van der Waals surface area contributed by atoms with Crippen molar-refractivity contribution in [3.8, 4) is 17.6 Å². The summed E-state index contributed by atoms with van der Waals surface area (Å²) >= 11 is 0. The maximum atomic E-state index is 11.9. The Bertz CT molecular complexity index is 994. The van der Waals surface area contributed by atoms with Crippen LogP contribution in [0, 0.1) is 11.3 Å². The molecule has 0 saturated heterocycles. The zero-order chi connectivity index (χ0) is 18.5. The maximum Gasteiger partial charge on any atom is 0.360 e. The first-order valence-electron chi connectivity index (χ1n) is 8.04. The summed E-state index contributed by atoms with van der Waals surface area (Å²) < 4.78 is 10.6. The van der Waals surface area contributed by atoms with Crippen molar-refractivity contribution in [2.75, 3.05) is 6.61 Å². The first kappa shape index (κ1) is 17.2. The van der Waals surface area contributed by atoms with E-state index >= 15 is 0 Å². The highest BCUT2D eigenvalue weighted by Gasteiger charge is 2.20. The van der Waals surface area contributed by atoms with Crippen molar-refractivity contribution in [1.82, 2.24) is 4.98 Å². The number of benzene rings is 2. The largest absolute Gasteiger partial charge is 0.505 e. The lowest BCUT2D eigenvalue weighted by Gasteiger charge is -2.11. The fourth-order valence-electron chi connectivity index (χ4n) is 2.54. The number of nitriles is 1. The summed E-state index contributed by atoms with van der Waals surface area (Å²) in [6.07, 6.45) is 0. The molecular formula is C20H16N2O4. The van der Waals surface area contributed by atoms with Gasteiger partial charge in [0.05, 0.1) is 6.61 Å². The van der Waals surface area contributed by atoms with Gasteiger partial charge in [0.2, 0.25) is 0 Å². The summed E-state index contributed by atoms with van der Waals surface area (Å²) in [6.45, 7) is 2.16. The van der Waals surface area contributed by atoms with Gasteiger partial charge in [-0.25, -0.2) is 9.78 Å². The first-order valence-corrected chi connectivity index (χ1v) is 8.04. The van der Waals surface area contributed by atoms with Gasteiger partial charge in [-0.3, -0.25) is 0 Å². The Morgan fingerprint density at radius 3 is 2.65 bits per heavy atom. The van der Waals surface area contributed by atoms with Gasteiger partial charge in [-0.15, -0.1) is 0 Å². The summed E-state index contributed by atoms with van der Waals surface area (Å²) in [5, 5.41) is 20.5. The van der Waals surface area contributed by atoms with Gasteiger partial charge in [0.1, 0.15) is 24.1 Å². The van der Waals surface area contributed by atoms with Crippen LogP contribution in [0.2, 0.25) is 0 Å². The minimum atomic E-state index is -0.771. The molecule has 130 valence electrons. The predicted octanol–water partition coefficient (Wildman–Crippen LogP) is 3.57. The molecule has 6 heteroatoms. The van der Waals surface area contributed by atoms with Crippen molar-refractivity contribution >= 4 is 16.7 Å². The van der Waals surface area contributed by atoms with E-state index in [1.807, 2.05) is 36.4 Å². The van der Waals surface area contributed by atoms with Gasteiger partial charge in [0, 0.05) is 10.8 Å². The molecular weight excluding hydrogens is 332 g/mol. The number of nitrogens with zero attached hydrogens (tertiary/aromatic N) is 2. The summed E-state index contributed by atoms with van der Waals surface area (Å²) in [5.74, 6) is -0.553. The molecule has 3 rings (SSSR count). The molecule has 0 bridgehead atoms. The number of hydrogen-bond acceptors (Lipinski definition) is 6. The van der Waals surface area contributed by atoms with Gasteiger partial charge in [-0.1, -0.05) is 30.3 Å². The van der Waals surface area contributed by atoms with Gasteiger partial charge in [0.15, 0.2) is 11.4 Å². The van der Waals surface area contributed by atoms with Crippen molar-refractivity contribution in [3.63, 3.8) is 0 Å². The smallest absolute Gasteiger partial charge is 0.360 e. The topological polar surface area (TPSA) is 92.4 Å². The van der Waals surface area contributed by atoms with E-state index in [9.17, 15) is 15.2 Å². The number of carbonyl (C=O) groups excluding carboxylic acids is 1. The molecule has 26 heavy (non-hydrogen) atoms. The molecule has 1 heterocycles. The molecule has 0 unspecified atom stereocenters. The number of aromatic nitrogens is 1. The van der Waals surface area contributed by atoms with E-state index in [4.69, 9.17) is 9.47 Å². The standard InChI is InChI=1S/C20H16N2O4/c1-2-25-20(24)18-19(23)15-9-8-14(10-16(15)17(11-21)22-18)26-12-13-6-4-3-5-7-13/h3-10,23H,2,12H2,1H3. The van der Waals surface area contributed by atoms with E-state index in [1.165, 1.54) is 0 Å². The molecule has 0 fully saturated rings. The molecule has 3 aromatic rings. The number of aromatic hydroxyl groups is 1. The normalized spacial score (nSPS) is 10.3. The molecule has 0 radical (unpaired) electrons. The number of hydrogen-bond donors (Lipinski definition) is 1. The average molecular weight is 348 g/mol. The number of rotatable bonds is 5. The molecule has 0 aliphatic heterocycles. The second kappa shape index (κ2) is 7.53. The summed E-state index contributed by atoms with van der Waals surface area (Å²) in [4.78, 5) is 15.9. The Morgan fingerprint density at radius 2 is 1.96 bits per heavy atom. The van der Waals surface area contributed by atoms with Gasteiger partial charge in [-0.05, 0) is 30.7 Å². The predicted molar refractivity (Wildman–Crippen MR) is 94.9 cm³/mol. The van der Waals surface area contributed by atoms with Gasteiger partial charge in [0.25, 0.3) is 0 Å². The van der Waals surface area contributed by atoms with Crippen molar-refractivity contribution < 1.29 is 19.4 Å². The van der Waals surface area contributed by atoms with Crippen LogP contribution in [0.25, 0.3) is 10.8 Å². The lowest BCUT2D eigenvalue weighted by atomic mass is 10.1. The van der Waals surface area contributed by atoms with Crippen molar-refractivity contribution in [3.05, 3.63) is 65.5 Å². The van der Waals surface area contributed by atoms with Crippen molar-refractivity contribution in [1.29, 1.82) is 5.26 Å². The highest BCUT2D eigenvalue weighted by molar-refractivity contribution is 6.01. The number of ether oxygens (including phenoxy) is 2. The first-order chi connectivity index (χ1) is 12.6. The zero-order valence-electron chi connectivity index (χ0n) is 14.1. The molecule has 6 nitrogen and oxygen atoms in total. The van der Waals surface area contributed by atoms with Crippen LogP contribution in [0.3, 0.4) is 0 Å². The lowest BCUT2D eigenvalue weighted by Crippen LogP contribution is -2.09. The number of fused-ring (bicyclic) bond motifs is 1. The van der Waals surface area contributed by atoms with E-state index in [1.54, 1.807) is 25.1 Å². The summed E-state index contributed by atoms with van der Waals surface area (Å²) in [5.41, 5.74) is 0.756. The molecule has 0 aliphatic carbocycles. The van der Waals surface area contributed by atoms with Gasteiger partial charge < -0.3 is 14.6 Å². The zero-order valence-corrected chi connectivity index (χ0v) is 14.1. The monoisotopic (exact) mass is 348 g/mol. The average Bonchev–Trinajstić information content (AvgIpc) is 2.67. The van der Waals surface area contributed by atoms with Crippen LogP contribution in [-0.4, -0.2) is 22.7 Å². The van der Waals surface area contributed by atoms with E-state index in [0.29, 0.717) is 23.1 Å². The molecule has 1 N–H and O–H groups in total. The Balaban J connectivity index is 1.97. The van der Waals surface area contributed by atoms with Crippen molar-refractivity contribution in [2.45, 2.75) is 13.5 Å². The Hall–Kier alpha value is -3.59. The SMILES string of the molecule is CCOC(=O)c1nc(C#N)c2cc(OCc3ccccc3)ccc2c1O. The fraction of sp³-hybridized carbons (Fsp3) is 0.150. The van der Waals surface area contributed by atoms with E-state index in [-0.39, 0.29) is 23.7 Å². The van der Waals surface area contributed by atoms with E-state index in [2.05, 4.69) is 4.98 Å². The second-order valence-electron chi connectivity index (χ2n) is 5.47. The lowest BCUT2D eigenvalue weighted by molar-refractivity contribution is 0.0516. The Morgan fingerprint density at radius 1 is 1.19 bits per heavy atom. The molecule has 0 atom stereocenters. The molecule has 0 spiro atoms. The number of carbonyl (C=O) groups is 1. The molecule has 2 aromatic carbocycles. The number of pyridine rings is 1. The third kappa shape index (κ3) is 3.42. The van der Waals surface area contributed by atoms with Gasteiger partial charge >= 0.3 is 5.97 Å². The van der Waals surface area contributed by atoms with Crippen LogP contribution in [-0.2, 0) is 11.3 Å². The van der Waals surface area contributed by atoms with E-state index in [0.717, 1.165) is 5.56 Å².